The number of nitrogens with zero attached hydrogens (tertiary/aromatic N) is 4. The highest BCUT2D eigenvalue weighted by Gasteiger charge is 2.25. The van der Waals surface area contributed by atoms with Crippen molar-refractivity contribution in [1.29, 1.82) is 0 Å². The molecule has 8 nitrogen and oxygen atoms in total. The molecule has 8 heteroatoms. The van der Waals surface area contributed by atoms with Crippen LogP contribution in [0.1, 0.15) is 6.42 Å². The van der Waals surface area contributed by atoms with Crippen molar-refractivity contribution in [1.82, 2.24) is 10.2 Å². The maximum atomic E-state index is 12.3. The van der Waals surface area contributed by atoms with Gasteiger partial charge in [0.15, 0.2) is 12.6 Å². The molecule has 2 heterocycles. The quantitative estimate of drug-likeness (QED) is 0.425. The number of carbonyl (C=O) groups is 1. The Labute approximate surface area is 189 Å². The summed E-state index contributed by atoms with van der Waals surface area (Å²) in [5, 5.41) is 3.46. The fraction of sp³-hybridized carbons (Fsp3) is 0.417. The minimum absolute atomic E-state index is 0.00253. The number of hydrogen-bond donors (Lipinski definition) is 1. The van der Waals surface area contributed by atoms with E-state index in [0.29, 0.717) is 6.54 Å². The van der Waals surface area contributed by atoms with E-state index in [4.69, 9.17) is 9.47 Å². The van der Waals surface area contributed by atoms with Crippen LogP contribution in [0.25, 0.3) is 0 Å². The third-order valence-corrected chi connectivity index (χ3v) is 5.88. The molecule has 32 heavy (non-hydrogen) atoms. The lowest BCUT2D eigenvalue weighted by atomic mass is 10.2. The number of rotatable bonds is 6. The van der Waals surface area contributed by atoms with Crippen LogP contribution in [-0.4, -0.2) is 76.8 Å². The molecule has 0 aromatic heterocycles. The number of aliphatic imine (C=N–C) groups is 1. The number of piperazine rings is 1. The van der Waals surface area contributed by atoms with E-state index in [1.165, 1.54) is 5.69 Å². The predicted octanol–water partition coefficient (Wildman–Crippen LogP) is 2.21. The number of benzene rings is 2. The first-order valence-electron chi connectivity index (χ1n) is 11.1. The average molecular weight is 438 g/mol. The molecular weight excluding hydrogens is 406 g/mol. The molecule has 0 aliphatic carbocycles. The number of ether oxygens (including phenoxy) is 2. The summed E-state index contributed by atoms with van der Waals surface area (Å²) in [6.07, 6.45) is 0.824. The van der Waals surface area contributed by atoms with Crippen molar-refractivity contribution in [3.05, 3.63) is 48.5 Å². The van der Waals surface area contributed by atoms with Crippen molar-refractivity contribution < 1.29 is 14.3 Å². The molecule has 1 N–H and O–H groups in total. The van der Waals surface area contributed by atoms with E-state index < -0.39 is 0 Å². The van der Waals surface area contributed by atoms with Crippen LogP contribution in [0.2, 0.25) is 0 Å². The summed E-state index contributed by atoms with van der Waals surface area (Å²) < 4.78 is 10.8. The summed E-state index contributed by atoms with van der Waals surface area (Å²) in [6.45, 7) is 5.18. The van der Waals surface area contributed by atoms with E-state index in [-0.39, 0.29) is 12.5 Å². The SMILES string of the molecule is CN=C(NCCCN1C(=O)COc2ccccc21)N1CCN(c2ccc(OC)cc2)CC1. The molecule has 2 aromatic rings. The third kappa shape index (κ3) is 4.90. The van der Waals surface area contributed by atoms with E-state index in [1.807, 2.05) is 48.3 Å². The van der Waals surface area contributed by atoms with Gasteiger partial charge in [-0.05, 0) is 42.8 Å². The molecule has 0 saturated carbocycles. The average Bonchev–Trinajstić information content (AvgIpc) is 2.85. The lowest BCUT2D eigenvalue weighted by Gasteiger charge is -2.37. The smallest absolute Gasteiger partial charge is 0.265 e. The van der Waals surface area contributed by atoms with Crippen LogP contribution in [-0.2, 0) is 4.79 Å². The summed E-state index contributed by atoms with van der Waals surface area (Å²) in [4.78, 5) is 23.3. The minimum Gasteiger partial charge on any atom is -0.497 e. The van der Waals surface area contributed by atoms with Gasteiger partial charge < -0.3 is 29.5 Å². The van der Waals surface area contributed by atoms with E-state index >= 15 is 0 Å². The second-order valence-electron chi connectivity index (χ2n) is 7.80. The third-order valence-electron chi connectivity index (χ3n) is 5.88. The zero-order chi connectivity index (χ0) is 22.3. The Kier molecular flexibility index (Phi) is 6.99. The van der Waals surface area contributed by atoms with Crippen LogP contribution in [0, 0.1) is 0 Å². The number of fused-ring (bicyclic) bond motifs is 1. The van der Waals surface area contributed by atoms with Gasteiger partial charge in [0.05, 0.1) is 12.8 Å². The van der Waals surface area contributed by atoms with E-state index in [0.717, 1.165) is 62.3 Å². The Morgan fingerprint density at radius 2 is 1.84 bits per heavy atom. The topological polar surface area (TPSA) is 69.6 Å². The number of guanidine groups is 1. The molecule has 0 radical (unpaired) electrons. The largest absolute Gasteiger partial charge is 0.497 e. The zero-order valence-corrected chi connectivity index (χ0v) is 18.8. The predicted molar refractivity (Wildman–Crippen MR) is 127 cm³/mol. The van der Waals surface area contributed by atoms with Gasteiger partial charge in [-0.2, -0.15) is 0 Å². The normalized spacial score (nSPS) is 16.5. The highest BCUT2D eigenvalue weighted by atomic mass is 16.5. The Hall–Kier alpha value is -3.42. The van der Waals surface area contributed by atoms with Gasteiger partial charge in [-0.25, -0.2) is 0 Å². The van der Waals surface area contributed by atoms with Crippen LogP contribution in [0.4, 0.5) is 11.4 Å². The van der Waals surface area contributed by atoms with Gasteiger partial charge in [-0.15, -0.1) is 0 Å². The second-order valence-corrected chi connectivity index (χ2v) is 7.80. The van der Waals surface area contributed by atoms with E-state index in [2.05, 4.69) is 32.2 Å². The van der Waals surface area contributed by atoms with E-state index in [1.54, 1.807) is 7.11 Å². The summed E-state index contributed by atoms with van der Waals surface area (Å²) in [6, 6.07) is 15.9. The van der Waals surface area contributed by atoms with Crippen molar-refractivity contribution in [2.75, 3.05) is 69.8 Å². The molecule has 2 aliphatic rings. The van der Waals surface area contributed by atoms with Crippen LogP contribution in [0.5, 0.6) is 11.5 Å². The van der Waals surface area contributed by atoms with Gasteiger partial charge in [0.1, 0.15) is 11.5 Å². The number of methoxy groups -OCH3 is 1. The zero-order valence-electron chi connectivity index (χ0n) is 18.8. The van der Waals surface area contributed by atoms with Gasteiger partial charge in [0.25, 0.3) is 5.91 Å². The monoisotopic (exact) mass is 437 g/mol. The number of para-hydroxylation sites is 2. The first kappa shape index (κ1) is 21.8. The standard InChI is InChI=1S/C24H31N5O3/c1-25-24(28-16-14-27(15-17-28)19-8-10-20(31-2)11-9-19)26-12-5-13-29-21-6-3-4-7-22(21)32-18-23(29)30/h3-4,6-11H,5,12-18H2,1-2H3,(H,25,26). The lowest BCUT2D eigenvalue weighted by molar-refractivity contribution is -0.121. The summed E-state index contributed by atoms with van der Waals surface area (Å²) in [5.41, 5.74) is 2.06. The highest BCUT2D eigenvalue weighted by molar-refractivity contribution is 5.97. The van der Waals surface area contributed by atoms with Gasteiger partial charge in [-0.1, -0.05) is 12.1 Å². The molecule has 0 bridgehead atoms. The number of anilines is 2. The van der Waals surface area contributed by atoms with Crippen molar-refractivity contribution >= 4 is 23.2 Å². The maximum absolute atomic E-state index is 12.3. The van der Waals surface area contributed by atoms with Crippen molar-refractivity contribution in [2.45, 2.75) is 6.42 Å². The van der Waals surface area contributed by atoms with Crippen LogP contribution in [0.15, 0.2) is 53.5 Å². The Bertz CT molecular complexity index is 939. The maximum Gasteiger partial charge on any atom is 0.265 e. The highest BCUT2D eigenvalue weighted by Crippen LogP contribution is 2.31. The second kappa shape index (κ2) is 10.3. The van der Waals surface area contributed by atoms with Gasteiger partial charge in [-0.3, -0.25) is 9.79 Å². The number of amides is 1. The molecule has 0 atom stereocenters. The fourth-order valence-corrected chi connectivity index (χ4v) is 4.14. The van der Waals surface area contributed by atoms with E-state index in [9.17, 15) is 4.79 Å². The van der Waals surface area contributed by atoms with Crippen molar-refractivity contribution in [3.63, 3.8) is 0 Å². The van der Waals surface area contributed by atoms with Crippen LogP contribution >= 0.6 is 0 Å². The molecule has 0 spiro atoms. The molecule has 1 amide bonds. The Balaban J connectivity index is 1.24. The molecular formula is C24H31N5O3. The Morgan fingerprint density at radius 3 is 2.56 bits per heavy atom. The lowest BCUT2D eigenvalue weighted by Crippen LogP contribution is -2.52. The Morgan fingerprint density at radius 1 is 1.09 bits per heavy atom. The number of hydrogen-bond acceptors (Lipinski definition) is 5. The molecule has 1 fully saturated rings. The molecule has 4 rings (SSSR count). The first-order valence-corrected chi connectivity index (χ1v) is 11.1. The molecule has 170 valence electrons. The van der Waals surface area contributed by atoms with Gasteiger partial charge >= 0.3 is 0 Å². The number of carbonyl (C=O) groups excluding carboxylic acids is 1. The first-order chi connectivity index (χ1) is 15.7. The molecule has 0 unspecified atom stereocenters. The summed E-state index contributed by atoms with van der Waals surface area (Å²) in [7, 11) is 3.50. The van der Waals surface area contributed by atoms with Crippen LogP contribution < -0.4 is 24.6 Å². The van der Waals surface area contributed by atoms with Crippen molar-refractivity contribution in [3.8, 4) is 11.5 Å². The molecule has 2 aromatic carbocycles. The summed E-state index contributed by atoms with van der Waals surface area (Å²) >= 11 is 0. The molecule has 1 saturated heterocycles. The van der Waals surface area contributed by atoms with Crippen molar-refractivity contribution in [2.24, 2.45) is 4.99 Å². The van der Waals surface area contributed by atoms with Gasteiger partial charge in [0.2, 0.25) is 0 Å². The molecule has 2 aliphatic heterocycles. The van der Waals surface area contributed by atoms with Crippen LogP contribution in [0.3, 0.4) is 0 Å². The summed E-state index contributed by atoms with van der Waals surface area (Å²) in [5.74, 6) is 2.56. The number of nitrogens with one attached hydrogen (secondary N) is 1. The van der Waals surface area contributed by atoms with Gasteiger partial charge in [0, 0.05) is 52.0 Å². The fourth-order valence-electron chi connectivity index (χ4n) is 4.14. The minimum atomic E-state index is 0.00253.